The summed E-state index contributed by atoms with van der Waals surface area (Å²) in [5.74, 6) is -0.0513. The summed E-state index contributed by atoms with van der Waals surface area (Å²) >= 11 is 3.40. The monoisotopic (exact) mass is 332 g/mol. The maximum atomic E-state index is 11.8. The second-order valence-corrected chi connectivity index (χ2v) is 5.47. The Balaban J connectivity index is 1.80. The van der Waals surface area contributed by atoms with E-state index in [1.54, 1.807) is 0 Å². The molecule has 0 aromatic heterocycles. The first-order valence-electron chi connectivity index (χ1n) is 6.46. The van der Waals surface area contributed by atoms with Crippen molar-refractivity contribution in [1.29, 1.82) is 0 Å². The molecule has 3 nitrogen and oxygen atoms in total. The minimum atomic E-state index is -0.0513. The Morgan fingerprint density at radius 3 is 2.70 bits per heavy atom. The smallest absolute Gasteiger partial charge is 0.238 e. The van der Waals surface area contributed by atoms with Gasteiger partial charge in [0.1, 0.15) is 0 Å². The minimum absolute atomic E-state index is 0.0513. The maximum Gasteiger partial charge on any atom is 0.238 e. The molecule has 104 valence electrons. The van der Waals surface area contributed by atoms with Crippen molar-refractivity contribution >= 4 is 27.5 Å². The number of hydrogen-bond acceptors (Lipinski definition) is 2. The number of hydrogen-bond donors (Lipinski definition) is 2. The highest BCUT2D eigenvalue weighted by Crippen LogP contribution is 2.20. The zero-order chi connectivity index (χ0) is 14.4. The molecule has 20 heavy (non-hydrogen) atoms. The summed E-state index contributed by atoms with van der Waals surface area (Å²) in [6.45, 7) is 3.03. The summed E-state index contributed by atoms with van der Waals surface area (Å²) in [5.41, 5.74) is 3.19. The topological polar surface area (TPSA) is 41.1 Å². The Kier molecular flexibility index (Phi) is 5.32. The van der Waals surface area contributed by atoms with Gasteiger partial charge in [0.25, 0.3) is 0 Å². The summed E-state index contributed by atoms with van der Waals surface area (Å²) in [4.78, 5) is 11.8. The molecule has 0 saturated heterocycles. The predicted molar refractivity (Wildman–Crippen MR) is 85.7 cm³/mol. The lowest BCUT2D eigenvalue weighted by molar-refractivity contribution is -0.115. The molecule has 0 aliphatic heterocycles. The molecule has 2 N–H and O–H groups in total. The SMILES string of the molecule is Cc1cccc(CNCC(=O)Nc2ccccc2Br)c1. The van der Waals surface area contributed by atoms with Crippen molar-refractivity contribution in [3.63, 3.8) is 0 Å². The number of carbonyl (C=O) groups is 1. The van der Waals surface area contributed by atoms with Crippen LogP contribution in [0.25, 0.3) is 0 Å². The minimum Gasteiger partial charge on any atom is -0.324 e. The summed E-state index contributed by atoms with van der Waals surface area (Å²) in [5, 5.41) is 6.00. The Labute approximate surface area is 127 Å². The molecule has 0 atom stereocenters. The van der Waals surface area contributed by atoms with Crippen LogP contribution in [0.3, 0.4) is 0 Å². The van der Waals surface area contributed by atoms with E-state index in [1.807, 2.05) is 36.4 Å². The highest BCUT2D eigenvalue weighted by molar-refractivity contribution is 9.10. The van der Waals surface area contributed by atoms with Gasteiger partial charge in [0.2, 0.25) is 5.91 Å². The van der Waals surface area contributed by atoms with Gasteiger partial charge in [-0.3, -0.25) is 4.79 Å². The largest absolute Gasteiger partial charge is 0.324 e. The molecule has 0 aliphatic carbocycles. The molecule has 0 heterocycles. The second kappa shape index (κ2) is 7.22. The molecule has 4 heteroatoms. The van der Waals surface area contributed by atoms with Gasteiger partial charge in [-0.25, -0.2) is 0 Å². The molecule has 1 amide bonds. The number of amides is 1. The van der Waals surface area contributed by atoms with Crippen LogP contribution in [0, 0.1) is 6.92 Å². The molecule has 0 fully saturated rings. The van der Waals surface area contributed by atoms with Crippen LogP contribution in [0.4, 0.5) is 5.69 Å². The van der Waals surface area contributed by atoms with Gasteiger partial charge in [0, 0.05) is 11.0 Å². The second-order valence-electron chi connectivity index (χ2n) is 4.62. The van der Waals surface area contributed by atoms with Crippen LogP contribution < -0.4 is 10.6 Å². The average molecular weight is 333 g/mol. The zero-order valence-corrected chi connectivity index (χ0v) is 12.9. The third-order valence-corrected chi connectivity index (χ3v) is 3.54. The first-order valence-corrected chi connectivity index (χ1v) is 7.25. The number of anilines is 1. The van der Waals surface area contributed by atoms with E-state index < -0.39 is 0 Å². The van der Waals surface area contributed by atoms with Crippen LogP contribution in [-0.4, -0.2) is 12.5 Å². The Morgan fingerprint density at radius 1 is 1.15 bits per heavy atom. The molecular weight excluding hydrogens is 316 g/mol. The van der Waals surface area contributed by atoms with Gasteiger partial charge in [-0.05, 0) is 40.5 Å². The highest BCUT2D eigenvalue weighted by atomic mass is 79.9. The quantitative estimate of drug-likeness (QED) is 0.879. The molecule has 0 bridgehead atoms. The number of benzene rings is 2. The fourth-order valence-electron chi connectivity index (χ4n) is 1.90. The lowest BCUT2D eigenvalue weighted by atomic mass is 10.1. The summed E-state index contributed by atoms with van der Waals surface area (Å²) in [6.07, 6.45) is 0. The highest BCUT2D eigenvalue weighted by Gasteiger charge is 2.04. The molecular formula is C16H17BrN2O. The lowest BCUT2D eigenvalue weighted by Gasteiger charge is -2.08. The Hall–Kier alpha value is -1.65. The Bertz CT molecular complexity index is 599. The van der Waals surface area contributed by atoms with Gasteiger partial charge in [0.05, 0.1) is 12.2 Å². The van der Waals surface area contributed by atoms with Crippen LogP contribution in [0.2, 0.25) is 0 Å². The van der Waals surface area contributed by atoms with Crippen molar-refractivity contribution in [2.24, 2.45) is 0 Å². The van der Waals surface area contributed by atoms with Gasteiger partial charge in [-0.2, -0.15) is 0 Å². The lowest BCUT2D eigenvalue weighted by Crippen LogP contribution is -2.27. The van der Waals surface area contributed by atoms with Crippen molar-refractivity contribution in [2.75, 3.05) is 11.9 Å². The van der Waals surface area contributed by atoms with Crippen LogP contribution in [0.5, 0.6) is 0 Å². The molecule has 0 unspecified atom stereocenters. The molecule has 0 aliphatic rings. The average Bonchev–Trinajstić information content (AvgIpc) is 2.41. The van der Waals surface area contributed by atoms with E-state index in [4.69, 9.17) is 0 Å². The van der Waals surface area contributed by atoms with Crippen molar-refractivity contribution in [3.05, 3.63) is 64.1 Å². The molecule has 0 radical (unpaired) electrons. The van der Waals surface area contributed by atoms with Gasteiger partial charge in [0.15, 0.2) is 0 Å². The van der Waals surface area contributed by atoms with Gasteiger partial charge in [-0.1, -0.05) is 42.0 Å². The number of nitrogens with one attached hydrogen (secondary N) is 2. The van der Waals surface area contributed by atoms with Crippen LogP contribution >= 0.6 is 15.9 Å². The third-order valence-electron chi connectivity index (χ3n) is 2.85. The van der Waals surface area contributed by atoms with E-state index in [-0.39, 0.29) is 12.5 Å². The molecule has 2 aromatic rings. The van der Waals surface area contributed by atoms with Crippen molar-refractivity contribution in [1.82, 2.24) is 5.32 Å². The fraction of sp³-hybridized carbons (Fsp3) is 0.188. The van der Waals surface area contributed by atoms with Gasteiger partial charge >= 0.3 is 0 Å². The Morgan fingerprint density at radius 2 is 1.95 bits per heavy atom. The number of para-hydroxylation sites is 1. The van der Waals surface area contributed by atoms with Gasteiger partial charge < -0.3 is 10.6 Å². The standard InChI is InChI=1S/C16H17BrN2O/c1-12-5-4-6-13(9-12)10-18-11-16(20)19-15-8-3-2-7-14(15)17/h2-9,18H,10-11H2,1H3,(H,19,20). The zero-order valence-electron chi connectivity index (χ0n) is 11.3. The molecule has 0 saturated carbocycles. The predicted octanol–water partition coefficient (Wildman–Crippen LogP) is 3.49. The van der Waals surface area contributed by atoms with E-state index in [2.05, 4.69) is 45.6 Å². The molecule has 0 spiro atoms. The van der Waals surface area contributed by atoms with Crippen molar-refractivity contribution in [2.45, 2.75) is 13.5 Å². The molecule has 2 rings (SSSR count). The summed E-state index contributed by atoms with van der Waals surface area (Å²) in [7, 11) is 0. The van der Waals surface area contributed by atoms with E-state index in [9.17, 15) is 4.79 Å². The number of halogens is 1. The van der Waals surface area contributed by atoms with E-state index in [0.717, 1.165) is 10.2 Å². The third kappa shape index (κ3) is 4.47. The van der Waals surface area contributed by atoms with E-state index >= 15 is 0 Å². The number of carbonyl (C=O) groups excluding carboxylic acids is 1. The van der Waals surface area contributed by atoms with Crippen LogP contribution in [-0.2, 0) is 11.3 Å². The van der Waals surface area contributed by atoms with Crippen LogP contribution in [0.15, 0.2) is 53.0 Å². The first-order chi connectivity index (χ1) is 9.65. The van der Waals surface area contributed by atoms with Gasteiger partial charge in [-0.15, -0.1) is 0 Å². The maximum absolute atomic E-state index is 11.8. The van der Waals surface area contributed by atoms with Crippen LogP contribution in [0.1, 0.15) is 11.1 Å². The normalized spacial score (nSPS) is 10.3. The van der Waals surface area contributed by atoms with Crippen molar-refractivity contribution in [3.8, 4) is 0 Å². The number of rotatable bonds is 5. The summed E-state index contributed by atoms with van der Waals surface area (Å²) < 4.78 is 0.882. The summed E-state index contributed by atoms with van der Waals surface area (Å²) in [6, 6.07) is 15.8. The van der Waals surface area contributed by atoms with E-state index in [1.165, 1.54) is 11.1 Å². The number of aryl methyl sites for hydroxylation is 1. The molecule has 2 aromatic carbocycles. The van der Waals surface area contributed by atoms with E-state index in [0.29, 0.717) is 6.54 Å². The van der Waals surface area contributed by atoms with Crippen molar-refractivity contribution < 1.29 is 4.79 Å². The first kappa shape index (κ1) is 14.8. The fourth-order valence-corrected chi connectivity index (χ4v) is 2.28.